The molecule has 0 spiro atoms. The van der Waals surface area contributed by atoms with Gasteiger partial charge in [-0.3, -0.25) is 10.1 Å². The maximum Gasteiger partial charge on any atom is 0.326 e. The van der Waals surface area contributed by atoms with E-state index in [2.05, 4.69) is 5.32 Å². The second-order valence-corrected chi connectivity index (χ2v) is 4.03. The lowest BCUT2D eigenvalue weighted by Crippen LogP contribution is -2.52. The van der Waals surface area contributed by atoms with E-state index < -0.39 is 11.5 Å². The summed E-state index contributed by atoms with van der Waals surface area (Å²) in [7, 11) is 0. The standard InChI is InChI=1S/C12H15NO3/c14-11(15)12(6-7-16-9-12)13-8-10-4-2-1-3-5-10/h1-5,13H,6-9H2,(H,14,15)/t12-/m1/s1. The van der Waals surface area contributed by atoms with Crippen molar-refractivity contribution in [1.29, 1.82) is 0 Å². The summed E-state index contributed by atoms with van der Waals surface area (Å²) < 4.78 is 5.17. The molecule has 0 unspecified atom stereocenters. The Morgan fingerprint density at radius 3 is 2.75 bits per heavy atom. The lowest BCUT2D eigenvalue weighted by Gasteiger charge is -2.23. The highest BCUT2D eigenvalue weighted by Gasteiger charge is 2.41. The number of benzene rings is 1. The first-order valence-corrected chi connectivity index (χ1v) is 5.33. The number of hydrogen-bond acceptors (Lipinski definition) is 3. The van der Waals surface area contributed by atoms with Crippen LogP contribution in [-0.2, 0) is 16.1 Å². The van der Waals surface area contributed by atoms with Crippen LogP contribution in [0.4, 0.5) is 0 Å². The summed E-state index contributed by atoms with van der Waals surface area (Å²) in [6.07, 6.45) is 0.523. The van der Waals surface area contributed by atoms with Gasteiger partial charge in [0.15, 0.2) is 0 Å². The molecular formula is C12H15NO3. The molecular weight excluding hydrogens is 206 g/mol. The highest BCUT2D eigenvalue weighted by atomic mass is 16.5. The van der Waals surface area contributed by atoms with Gasteiger partial charge in [-0.15, -0.1) is 0 Å². The van der Waals surface area contributed by atoms with Gasteiger partial charge in [0.05, 0.1) is 6.61 Å². The van der Waals surface area contributed by atoms with E-state index in [4.69, 9.17) is 4.74 Å². The smallest absolute Gasteiger partial charge is 0.326 e. The molecule has 0 saturated carbocycles. The molecule has 1 aromatic carbocycles. The van der Waals surface area contributed by atoms with Crippen LogP contribution in [0.25, 0.3) is 0 Å². The van der Waals surface area contributed by atoms with Gasteiger partial charge in [0, 0.05) is 19.6 Å². The van der Waals surface area contributed by atoms with Crippen LogP contribution in [0.1, 0.15) is 12.0 Å². The van der Waals surface area contributed by atoms with Crippen LogP contribution < -0.4 is 5.32 Å². The molecule has 1 aromatic rings. The molecule has 0 bridgehead atoms. The van der Waals surface area contributed by atoms with Gasteiger partial charge in [-0.1, -0.05) is 30.3 Å². The lowest BCUT2D eigenvalue weighted by atomic mass is 9.98. The summed E-state index contributed by atoms with van der Waals surface area (Å²) in [6.45, 7) is 1.31. The van der Waals surface area contributed by atoms with E-state index in [1.807, 2.05) is 30.3 Å². The Morgan fingerprint density at radius 2 is 2.19 bits per heavy atom. The third-order valence-corrected chi connectivity index (χ3v) is 2.90. The summed E-state index contributed by atoms with van der Waals surface area (Å²) in [5.41, 5.74) is 0.172. The second kappa shape index (κ2) is 4.63. The van der Waals surface area contributed by atoms with Gasteiger partial charge in [-0.05, 0) is 5.56 Å². The molecule has 2 rings (SSSR count). The third-order valence-electron chi connectivity index (χ3n) is 2.90. The number of aliphatic carboxylic acids is 1. The van der Waals surface area contributed by atoms with Crippen molar-refractivity contribution in [2.75, 3.05) is 13.2 Å². The zero-order chi connectivity index (χ0) is 11.4. The van der Waals surface area contributed by atoms with Crippen molar-refractivity contribution < 1.29 is 14.6 Å². The number of hydrogen-bond donors (Lipinski definition) is 2. The molecule has 2 N–H and O–H groups in total. The van der Waals surface area contributed by atoms with Crippen molar-refractivity contribution in [3.63, 3.8) is 0 Å². The van der Waals surface area contributed by atoms with E-state index in [9.17, 15) is 9.90 Å². The van der Waals surface area contributed by atoms with E-state index >= 15 is 0 Å². The average Bonchev–Trinajstić information content (AvgIpc) is 2.78. The van der Waals surface area contributed by atoms with Gasteiger partial charge in [-0.2, -0.15) is 0 Å². The first-order chi connectivity index (χ1) is 7.73. The van der Waals surface area contributed by atoms with Crippen LogP contribution in [0.3, 0.4) is 0 Å². The first kappa shape index (κ1) is 11.1. The Hall–Kier alpha value is -1.39. The summed E-state index contributed by atoms with van der Waals surface area (Å²) in [6, 6.07) is 9.76. The Balaban J connectivity index is 2.00. The fourth-order valence-corrected chi connectivity index (χ4v) is 1.82. The molecule has 1 saturated heterocycles. The number of ether oxygens (including phenoxy) is 1. The molecule has 4 heteroatoms. The van der Waals surface area contributed by atoms with E-state index in [1.54, 1.807) is 0 Å². The van der Waals surface area contributed by atoms with Crippen molar-refractivity contribution in [1.82, 2.24) is 5.32 Å². The highest BCUT2D eigenvalue weighted by Crippen LogP contribution is 2.19. The average molecular weight is 221 g/mol. The Bertz CT molecular complexity index is 358. The Morgan fingerprint density at radius 1 is 1.44 bits per heavy atom. The minimum absolute atomic E-state index is 0.245. The predicted octanol–water partition coefficient (Wildman–Crippen LogP) is 1.02. The van der Waals surface area contributed by atoms with Crippen LogP contribution in [0.15, 0.2) is 30.3 Å². The quantitative estimate of drug-likeness (QED) is 0.797. The van der Waals surface area contributed by atoms with E-state index in [1.165, 1.54) is 0 Å². The maximum atomic E-state index is 11.2. The van der Waals surface area contributed by atoms with E-state index in [-0.39, 0.29) is 6.61 Å². The van der Waals surface area contributed by atoms with E-state index in [0.29, 0.717) is 19.6 Å². The molecule has 1 aliphatic rings. The molecule has 0 aliphatic carbocycles. The van der Waals surface area contributed by atoms with Crippen LogP contribution in [-0.4, -0.2) is 29.8 Å². The maximum absolute atomic E-state index is 11.2. The topological polar surface area (TPSA) is 58.6 Å². The minimum atomic E-state index is -0.907. The summed E-state index contributed by atoms with van der Waals surface area (Å²) in [4.78, 5) is 11.2. The van der Waals surface area contributed by atoms with Crippen LogP contribution in [0.5, 0.6) is 0 Å². The second-order valence-electron chi connectivity index (χ2n) is 4.03. The molecule has 4 nitrogen and oxygen atoms in total. The zero-order valence-electron chi connectivity index (χ0n) is 8.98. The van der Waals surface area contributed by atoms with Crippen molar-refractivity contribution in [2.45, 2.75) is 18.5 Å². The van der Waals surface area contributed by atoms with Crippen molar-refractivity contribution in [3.8, 4) is 0 Å². The molecule has 1 aliphatic heterocycles. The molecule has 0 aromatic heterocycles. The van der Waals surface area contributed by atoms with Crippen molar-refractivity contribution in [2.24, 2.45) is 0 Å². The van der Waals surface area contributed by atoms with Gasteiger partial charge < -0.3 is 9.84 Å². The van der Waals surface area contributed by atoms with Gasteiger partial charge in [0.25, 0.3) is 0 Å². The van der Waals surface area contributed by atoms with E-state index in [0.717, 1.165) is 5.56 Å². The molecule has 1 fully saturated rings. The summed E-state index contributed by atoms with van der Waals surface area (Å²) >= 11 is 0. The van der Waals surface area contributed by atoms with Gasteiger partial charge in [0.2, 0.25) is 0 Å². The molecule has 86 valence electrons. The SMILES string of the molecule is O=C(O)[C@@]1(NCc2ccccc2)CCOC1. The zero-order valence-corrected chi connectivity index (χ0v) is 8.98. The molecule has 16 heavy (non-hydrogen) atoms. The molecule has 0 radical (unpaired) electrons. The third kappa shape index (κ3) is 2.23. The number of nitrogens with one attached hydrogen (secondary N) is 1. The monoisotopic (exact) mass is 221 g/mol. The largest absolute Gasteiger partial charge is 0.480 e. The molecule has 1 atom stereocenters. The number of rotatable bonds is 4. The number of carboxylic acids is 1. The first-order valence-electron chi connectivity index (χ1n) is 5.33. The summed E-state index contributed by atoms with van der Waals surface area (Å²) in [5, 5.41) is 12.3. The summed E-state index contributed by atoms with van der Waals surface area (Å²) in [5.74, 6) is -0.832. The minimum Gasteiger partial charge on any atom is -0.480 e. The fourth-order valence-electron chi connectivity index (χ4n) is 1.82. The van der Waals surface area contributed by atoms with Gasteiger partial charge >= 0.3 is 5.97 Å². The van der Waals surface area contributed by atoms with Crippen molar-refractivity contribution >= 4 is 5.97 Å². The van der Waals surface area contributed by atoms with Crippen LogP contribution in [0.2, 0.25) is 0 Å². The van der Waals surface area contributed by atoms with Crippen LogP contribution in [0, 0.1) is 0 Å². The van der Waals surface area contributed by atoms with Gasteiger partial charge in [-0.25, -0.2) is 0 Å². The van der Waals surface area contributed by atoms with Gasteiger partial charge in [0.1, 0.15) is 5.54 Å². The number of carboxylic acid groups (broad SMARTS) is 1. The fraction of sp³-hybridized carbons (Fsp3) is 0.417. The Labute approximate surface area is 94.2 Å². The Kier molecular flexibility index (Phi) is 3.22. The molecule has 0 amide bonds. The lowest BCUT2D eigenvalue weighted by molar-refractivity contribution is -0.145. The molecule has 1 heterocycles. The van der Waals surface area contributed by atoms with Crippen LogP contribution >= 0.6 is 0 Å². The highest BCUT2D eigenvalue weighted by molar-refractivity contribution is 5.79. The number of carbonyl (C=O) groups is 1. The van der Waals surface area contributed by atoms with Crippen molar-refractivity contribution in [3.05, 3.63) is 35.9 Å². The normalized spacial score (nSPS) is 24.5. The predicted molar refractivity (Wildman–Crippen MR) is 59.1 cm³/mol.